The van der Waals surface area contributed by atoms with Gasteiger partial charge in [-0.3, -0.25) is 0 Å². The van der Waals surface area contributed by atoms with Crippen molar-refractivity contribution in [2.24, 2.45) is 0 Å². The van der Waals surface area contributed by atoms with Crippen LogP contribution in [-0.4, -0.2) is 16.7 Å². The zero-order valence-electron chi connectivity index (χ0n) is 12.6. The maximum atomic E-state index is 5.44. The lowest BCUT2D eigenvalue weighted by Crippen LogP contribution is -2.31. The zero-order chi connectivity index (χ0) is 14.5. The minimum atomic E-state index is -0.0620. The maximum absolute atomic E-state index is 5.44. The van der Waals surface area contributed by atoms with Crippen LogP contribution in [0.25, 0.3) is 0 Å². The molecule has 1 N–H and O–H groups in total. The zero-order valence-corrected chi connectivity index (χ0v) is 12.6. The fourth-order valence-corrected chi connectivity index (χ4v) is 3.31. The number of aromatic nitrogens is 2. The number of hydrogen-bond donors (Lipinski definition) is 1. The van der Waals surface area contributed by atoms with Crippen LogP contribution in [0.5, 0.6) is 0 Å². The minimum absolute atomic E-state index is 0.0620. The monoisotopic (exact) mass is 285 g/mol. The quantitative estimate of drug-likeness (QED) is 0.914. The van der Waals surface area contributed by atoms with E-state index in [1.54, 1.807) is 0 Å². The molecule has 0 radical (unpaired) electrons. The summed E-state index contributed by atoms with van der Waals surface area (Å²) in [7, 11) is 0. The van der Waals surface area contributed by atoms with Gasteiger partial charge < -0.3 is 9.84 Å². The van der Waals surface area contributed by atoms with Crippen molar-refractivity contribution in [2.75, 3.05) is 6.54 Å². The van der Waals surface area contributed by atoms with Crippen molar-refractivity contribution >= 4 is 0 Å². The molecule has 1 aliphatic rings. The highest BCUT2D eigenvalue weighted by molar-refractivity contribution is 5.33. The molecule has 0 atom stereocenters. The van der Waals surface area contributed by atoms with Crippen molar-refractivity contribution in [3.8, 4) is 0 Å². The van der Waals surface area contributed by atoms with Gasteiger partial charge in [0.1, 0.15) is 0 Å². The maximum Gasteiger partial charge on any atom is 0.240 e. The number of rotatable bonds is 5. The summed E-state index contributed by atoms with van der Waals surface area (Å²) in [5, 5.41) is 7.55. The molecule has 1 heterocycles. The predicted octanol–water partition coefficient (Wildman–Crippen LogP) is 3.43. The van der Waals surface area contributed by atoms with Gasteiger partial charge in [0, 0.05) is 0 Å². The molecule has 2 aromatic rings. The molecule has 0 saturated heterocycles. The lowest BCUT2D eigenvalue weighted by Gasteiger charge is -2.34. The van der Waals surface area contributed by atoms with E-state index in [-0.39, 0.29) is 5.41 Å². The molecule has 0 unspecified atom stereocenters. The molecule has 1 saturated carbocycles. The third kappa shape index (κ3) is 2.86. The first-order valence-corrected chi connectivity index (χ1v) is 7.94. The van der Waals surface area contributed by atoms with E-state index in [9.17, 15) is 0 Å². The highest BCUT2D eigenvalue weighted by atomic mass is 16.5. The van der Waals surface area contributed by atoms with Gasteiger partial charge in [-0.25, -0.2) is 0 Å². The number of nitrogens with one attached hydrogen (secondary N) is 1. The average molecular weight is 285 g/mol. The fourth-order valence-electron chi connectivity index (χ4n) is 3.31. The molecule has 0 amide bonds. The lowest BCUT2D eigenvalue weighted by molar-refractivity contribution is 0.307. The van der Waals surface area contributed by atoms with Crippen LogP contribution in [0.4, 0.5) is 0 Å². The molecule has 3 rings (SSSR count). The molecule has 4 heteroatoms. The second-order valence-corrected chi connectivity index (χ2v) is 5.80. The average Bonchev–Trinajstić information content (AvgIpc) is 3.04. The Labute approximate surface area is 126 Å². The minimum Gasteiger partial charge on any atom is -0.338 e. The Morgan fingerprint density at radius 3 is 2.62 bits per heavy atom. The van der Waals surface area contributed by atoms with E-state index in [0.717, 1.165) is 25.2 Å². The topological polar surface area (TPSA) is 51.0 Å². The van der Waals surface area contributed by atoms with Crippen molar-refractivity contribution in [3.05, 3.63) is 47.6 Å². The summed E-state index contributed by atoms with van der Waals surface area (Å²) >= 11 is 0. The van der Waals surface area contributed by atoms with Crippen LogP contribution in [0.1, 0.15) is 56.3 Å². The molecule has 0 aliphatic heterocycles. The number of nitrogens with zero attached hydrogens (tertiary/aromatic N) is 2. The van der Waals surface area contributed by atoms with Crippen molar-refractivity contribution in [1.29, 1.82) is 0 Å². The van der Waals surface area contributed by atoms with Crippen LogP contribution in [0.3, 0.4) is 0 Å². The van der Waals surface area contributed by atoms with Gasteiger partial charge in [-0.2, -0.15) is 4.98 Å². The number of hydrogen-bond acceptors (Lipinski definition) is 4. The standard InChI is InChI=1S/C17H23N3O/c1-2-18-13-15-19-16(20-21-15)17(11-7-4-8-12-17)14-9-5-3-6-10-14/h3,5-6,9-10,18H,2,4,7-8,11-13H2,1H3. The molecule has 1 aliphatic carbocycles. The van der Waals surface area contributed by atoms with Gasteiger partial charge in [0.2, 0.25) is 5.89 Å². The molecule has 21 heavy (non-hydrogen) atoms. The Hall–Kier alpha value is -1.68. The normalized spacial score (nSPS) is 17.8. The summed E-state index contributed by atoms with van der Waals surface area (Å²) in [5.74, 6) is 1.55. The van der Waals surface area contributed by atoms with Gasteiger partial charge in [-0.05, 0) is 24.9 Å². The molecule has 112 valence electrons. The van der Waals surface area contributed by atoms with Gasteiger partial charge in [0.25, 0.3) is 0 Å². The Bertz CT molecular complexity index is 558. The van der Waals surface area contributed by atoms with Crippen LogP contribution in [-0.2, 0) is 12.0 Å². The summed E-state index contributed by atoms with van der Waals surface area (Å²) in [6.45, 7) is 3.62. The molecule has 0 spiro atoms. The molecule has 4 nitrogen and oxygen atoms in total. The third-order valence-corrected chi connectivity index (χ3v) is 4.46. The van der Waals surface area contributed by atoms with E-state index >= 15 is 0 Å². The van der Waals surface area contributed by atoms with Gasteiger partial charge in [0.15, 0.2) is 5.82 Å². The van der Waals surface area contributed by atoms with Gasteiger partial charge in [-0.1, -0.05) is 61.7 Å². The van der Waals surface area contributed by atoms with Crippen LogP contribution >= 0.6 is 0 Å². The van der Waals surface area contributed by atoms with Gasteiger partial charge in [0.05, 0.1) is 12.0 Å². The number of benzene rings is 1. The summed E-state index contributed by atoms with van der Waals surface area (Å²) < 4.78 is 5.44. The van der Waals surface area contributed by atoms with Crippen molar-refractivity contribution in [3.63, 3.8) is 0 Å². The molecule has 1 aromatic carbocycles. The first-order valence-electron chi connectivity index (χ1n) is 7.94. The highest BCUT2D eigenvalue weighted by Crippen LogP contribution is 2.43. The molecule has 1 fully saturated rings. The van der Waals surface area contributed by atoms with E-state index in [1.165, 1.54) is 24.8 Å². The summed E-state index contributed by atoms with van der Waals surface area (Å²) in [6, 6.07) is 10.7. The Morgan fingerprint density at radius 2 is 1.90 bits per heavy atom. The van der Waals surface area contributed by atoms with Crippen molar-refractivity contribution in [2.45, 2.75) is 51.0 Å². The predicted molar refractivity (Wildman–Crippen MR) is 82.0 cm³/mol. The van der Waals surface area contributed by atoms with Crippen molar-refractivity contribution in [1.82, 2.24) is 15.5 Å². The SMILES string of the molecule is CCNCc1nc(C2(c3ccccc3)CCCCC2)no1. The van der Waals surface area contributed by atoms with Crippen LogP contribution in [0.2, 0.25) is 0 Å². The van der Waals surface area contributed by atoms with Crippen LogP contribution in [0, 0.1) is 0 Å². The Balaban J connectivity index is 1.94. The van der Waals surface area contributed by atoms with Gasteiger partial charge in [-0.15, -0.1) is 0 Å². The van der Waals surface area contributed by atoms with E-state index in [1.807, 2.05) is 0 Å². The Kier molecular flexibility index (Phi) is 4.34. The van der Waals surface area contributed by atoms with E-state index < -0.39 is 0 Å². The first-order chi connectivity index (χ1) is 10.3. The van der Waals surface area contributed by atoms with E-state index in [4.69, 9.17) is 4.52 Å². The first kappa shape index (κ1) is 14.3. The second-order valence-electron chi connectivity index (χ2n) is 5.80. The molecule has 0 bridgehead atoms. The van der Waals surface area contributed by atoms with E-state index in [0.29, 0.717) is 12.4 Å². The Morgan fingerprint density at radius 1 is 1.14 bits per heavy atom. The van der Waals surface area contributed by atoms with Crippen LogP contribution in [0.15, 0.2) is 34.9 Å². The van der Waals surface area contributed by atoms with Gasteiger partial charge >= 0.3 is 0 Å². The highest BCUT2D eigenvalue weighted by Gasteiger charge is 2.39. The smallest absolute Gasteiger partial charge is 0.240 e. The summed E-state index contributed by atoms with van der Waals surface area (Å²) in [4.78, 5) is 4.68. The third-order valence-electron chi connectivity index (χ3n) is 4.46. The van der Waals surface area contributed by atoms with Crippen LogP contribution < -0.4 is 5.32 Å². The fraction of sp³-hybridized carbons (Fsp3) is 0.529. The largest absolute Gasteiger partial charge is 0.338 e. The second kappa shape index (κ2) is 6.39. The lowest BCUT2D eigenvalue weighted by atomic mass is 9.69. The van der Waals surface area contributed by atoms with E-state index in [2.05, 4.69) is 52.7 Å². The summed E-state index contributed by atoms with van der Waals surface area (Å²) in [5.41, 5.74) is 1.26. The molecular formula is C17H23N3O. The molecule has 1 aromatic heterocycles. The van der Waals surface area contributed by atoms with Crippen molar-refractivity contribution < 1.29 is 4.52 Å². The molecular weight excluding hydrogens is 262 g/mol. The summed E-state index contributed by atoms with van der Waals surface area (Å²) in [6.07, 6.45) is 5.98.